The molecule has 0 bridgehead atoms. The van der Waals surface area contributed by atoms with Crippen LogP contribution in [0.1, 0.15) is 5.56 Å². The van der Waals surface area contributed by atoms with Crippen molar-refractivity contribution in [2.75, 3.05) is 6.54 Å². The molecule has 1 aromatic rings. The fraction of sp³-hybridized carbons (Fsp3) is 0.111. The molecule has 1 aliphatic rings. The Balaban J connectivity index is 2.31. The molecule has 13 heavy (non-hydrogen) atoms. The number of benzene rings is 1. The van der Waals surface area contributed by atoms with E-state index in [-0.39, 0.29) is 0 Å². The van der Waals surface area contributed by atoms with E-state index >= 15 is 0 Å². The average Bonchev–Trinajstić information content (AvgIpc) is 2.53. The molecule has 0 atom stereocenters. The van der Waals surface area contributed by atoms with E-state index in [1.807, 2.05) is 24.3 Å². The highest BCUT2D eigenvalue weighted by Crippen LogP contribution is 2.11. The van der Waals surface area contributed by atoms with Crippen LogP contribution in [0.4, 0.5) is 0 Å². The van der Waals surface area contributed by atoms with Gasteiger partial charge in [-0.05, 0) is 29.9 Å². The molecule has 2 rings (SSSR count). The Labute approximate surface area is 86.6 Å². The molecule has 1 N–H and O–H groups in total. The van der Waals surface area contributed by atoms with Crippen LogP contribution in [0.3, 0.4) is 0 Å². The Bertz CT molecular complexity index is 370. The van der Waals surface area contributed by atoms with Crippen molar-refractivity contribution in [2.24, 2.45) is 4.99 Å². The summed E-state index contributed by atoms with van der Waals surface area (Å²) in [7, 11) is 0. The predicted molar refractivity (Wildman–Crippen MR) is 58.6 cm³/mol. The van der Waals surface area contributed by atoms with Gasteiger partial charge in [-0.1, -0.05) is 23.7 Å². The molecule has 1 aliphatic heterocycles. The van der Waals surface area contributed by atoms with Crippen LogP contribution in [0.5, 0.6) is 0 Å². The van der Waals surface area contributed by atoms with Gasteiger partial charge in [0.25, 0.3) is 0 Å². The summed E-state index contributed by atoms with van der Waals surface area (Å²) in [6.45, 7) is 0.709. The van der Waals surface area contributed by atoms with E-state index < -0.39 is 0 Å². The number of nitrogens with one attached hydrogen (secondary N) is 1. The van der Waals surface area contributed by atoms with Crippen LogP contribution in [-0.2, 0) is 0 Å². The number of nitrogens with zero attached hydrogens (tertiary/aromatic N) is 1. The van der Waals surface area contributed by atoms with E-state index in [1.165, 1.54) is 0 Å². The fourth-order valence-corrected chi connectivity index (χ4v) is 1.48. The number of hydrogen-bond donors (Lipinski definition) is 1. The first kappa shape index (κ1) is 8.66. The van der Waals surface area contributed by atoms with Gasteiger partial charge in [-0.25, -0.2) is 4.99 Å². The van der Waals surface area contributed by atoms with Crippen molar-refractivity contribution >= 4 is 34.6 Å². The Kier molecular flexibility index (Phi) is 2.29. The highest BCUT2D eigenvalue weighted by Gasteiger charge is 2.10. The molecule has 0 unspecified atom stereocenters. The number of hydrogen-bond acceptors (Lipinski definition) is 1. The molecule has 0 amide bonds. The van der Waals surface area contributed by atoms with Gasteiger partial charge in [0.1, 0.15) is 0 Å². The Morgan fingerprint density at radius 2 is 2.00 bits per heavy atom. The smallest absolute Gasteiger partial charge is 0.193 e. The van der Waals surface area contributed by atoms with E-state index in [1.54, 1.807) is 0 Å². The number of rotatable bonds is 1. The lowest BCUT2D eigenvalue weighted by Crippen LogP contribution is -2.16. The third kappa shape index (κ3) is 1.87. The molecule has 0 saturated carbocycles. The second-order valence-electron chi connectivity index (χ2n) is 2.72. The molecule has 1 heterocycles. The van der Waals surface area contributed by atoms with Crippen LogP contribution in [0, 0.1) is 0 Å². The molecule has 66 valence electrons. The summed E-state index contributed by atoms with van der Waals surface area (Å²) in [4.78, 5) is 4.18. The van der Waals surface area contributed by atoms with E-state index in [0.717, 1.165) is 16.3 Å². The van der Waals surface area contributed by atoms with Gasteiger partial charge >= 0.3 is 0 Å². The highest BCUT2D eigenvalue weighted by atomic mass is 35.5. The summed E-state index contributed by atoms with van der Waals surface area (Å²) in [5, 5.41) is 4.27. The molecule has 0 saturated heterocycles. The van der Waals surface area contributed by atoms with Gasteiger partial charge in [0, 0.05) is 5.02 Å². The van der Waals surface area contributed by atoms with Crippen molar-refractivity contribution in [1.82, 2.24) is 5.32 Å². The van der Waals surface area contributed by atoms with Crippen molar-refractivity contribution in [2.45, 2.75) is 0 Å². The third-order valence-electron chi connectivity index (χ3n) is 1.82. The standard InChI is InChI=1S/C9H7ClN2S/c10-7-3-1-6(2-4-7)8-5-11-9(13)12-8/h1-4H,5H2,(H,11,13). The molecule has 1 aromatic carbocycles. The van der Waals surface area contributed by atoms with Crippen molar-refractivity contribution in [3.05, 3.63) is 34.9 Å². The molecule has 0 aliphatic carbocycles. The molecule has 0 aromatic heterocycles. The van der Waals surface area contributed by atoms with Crippen LogP contribution in [0.2, 0.25) is 5.02 Å². The third-order valence-corrected chi connectivity index (χ3v) is 2.31. The lowest BCUT2D eigenvalue weighted by molar-refractivity contribution is 1.14. The monoisotopic (exact) mass is 210 g/mol. The van der Waals surface area contributed by atoms with Gasteiger partial charge in [-0.3, -0.25) is 0 Å². The minimum atomic E-state index is 0.560. The summed E-state index contributed by atoms with van der Waals surface area (Å²) in [6, 6.07) is 7.58. The minimum absolute atomic E-state index is 0.560. The zero-order chi connectivity index (χ0) is 9.26. The number of thiocarbonyl (C=S) groups is 1. The van der Waals surface area contributed by atoms with Crippen LogP contribution in [0.15, 0.2) is 29.3 Å². The maximum atomic E-state index is 5.77. The van der Waals surface area contributed by atoms with E-state index in [2.05, 4.69) is 10.3 Å². The predicted octanol–water partition coefficient (Wildman–Crippen LogP) is 2.02. The first-order valence-corrected chi connectivity index (χ1v) is 4.66. The van der Waals surface area contributed by atoms with Gasteiger partial charge < -0.3 is 5.32 Å². The van der Waals surface area contributed by atoms with Crippen molar-refractivity contribution in [3.63, 3.8) is 0 Å². The fourth-order valence-electron chi connectivity index (χ4n) is 1.17. The van der Waals surface area contributed by atoms with Gasteiger partial charge in [0.05, 0.1) is 12.3 Å². The maximum absolute atomic E-state index is 5.77. The summed E-state index contributed by atoms with van der Waals surface area (Å²) >= 11 is 10.7. The summed E-state index contributed by atoms with van der Waals surface area (Å²) in [5.41, 5.74) is 2.04. The van der Waals surface area contributed by atoms with Crippen molar-refractivity contribution in [1.29, 1.82) is 0 Å². The lowest BCUT2D eigenvalue weighted by atomic mass is 10.1. The Hall–Kier alpha value is -0.930. The first-order chi connectivity index (χ1) is 6.25. The molecular formula is C9H7ClN2S. The Morgan fingerprint density at radius 1 is 1.31 bits per heavy atom. The lowest BCUT2D eigenvalue weighted by Gasteiger charge is -1.98. The molecular weight excluding hydrogens is 204 g/mol. The summed E-state index contributed by atoms with van der Waals surface area (Å²) in [5.74, 6) is 0. The van der Waals surface area contributed by atoms with E-state index in [0.29, 0.717) is 11.7 Å². The van der Waals surface area contributed by atoms with Crippen LogP contribution < -0.4 is 5.32 Å². The quantitative estimate of drug-likeness (QED) is 0.718. The molecule has 0 fully saturated rings. The molecule has 4 heteroatoms. The zero-order valence-corrected chi connectivity index (χ0v) is 8.32. The number of halogens is 1. The summed E-state index contributed by atoms with van der Waals surface area (Å²) < 4.78 is 0. The SMILES string of the molecule is S=C1N=C(c2ccc(Cl)cc2)CN1. The van der Waals surface area contributed by atoms with E-state index in [4.69, 9.17) is 23.8 Å². The van der Waals surface area contributed by atoms with E-state index in [9.17, 15) is 0 Å². The van der Waals surface area contributed by atoms with Crippen LogP contribution in [0.25, 0.3) is 0 Å². The van der Waals surface area contributed by atoms with Crippen LogP contribution >= 0.6 is 23.8 Å². The minimum Gasteiger partial charge on any atom is -0.355 e. The Morgan fingerprint density at radius 3 is 2.54 bits per heavy atom. The van der Waals surface area contributed by atoms with Gasteiger partial charge in [-0.2, -0.15) is 0 Å². The summed E-state index contributed by atoms with van der Waals surface area (Å²) in [6.07, 6.45) is 0. The van der Waals surface area contributed by atoms with Gasteiger partial charge in [-0.15, -0.1) is 0 Å². The van der Waals surface area contributed by atoms with Gasteiger partial charge in [0.2, 0.25) is 0 Å². The first-order valence-electron chi connectivity index (χ1n) is 3.87. The zero-order valence-electron chi connectivity index (χ0n) is 6.75. The number of aliphatic imine (C=N–C) groups is 1. The normalized spacial score (nSPS) is 15.5. The average molecular weight is 211 g/mol. The second kappa shape index (κ2) is 3.44. The molecule has 0 radical (unpaired) electrons. The van der Waals surface area contributed by atoms with Gasteiger partial charge in [0.15, 0.2) is 5.11 Å². The second-order valence-corrected chi connectivity index (χ2v) is 3.55. The van der Waals surface area contributed by atoms with Crippen molar-refractivity contribution in [3.8, 4) is 0 Å². The molecule has 2 nitrogen and oxygen atoms in total. The molecule has 0 spiro atoms. The topological polar surface area (TPSA) is 24.4 Å². The maximum Gasteiger partial charge on any atom is 0.193 e. The largest absolute Gasteiger partial charge is 0.355 e. The van der Waals surface area contributed by atoms with Crippen LogP contribution in [-0.4, -0.2) is 17.4 Å². The highest BCUT2D eigenvalue weighted by molar-refractivity contribution is 7.80. The van der Waals surface area contributed by atoms with Crippen molar-refractivity contribution < 1.29 is 0 Å².